The van der Waals surface area contributed by atoms with E-state index in [4.69, 9.17) is 5.11 Å². The minimum Gasteiger partial charge on any atom is -0.481 e. The van der Waals surface area contributed by atoms with Crippen LogP contribution in [-0.2, 0) is 11.2 Å². The van der Waals surface area contributed by atoms with Crippen molar-refractivity contribution in [1.29, 1.82) is 0 Å². The van der Waals surface area contributed by atoms with Gasteiger partial charge in [-0.15, -0.1) is 0 Å². The molecule has 3 heteroatoms. The fourth-order valence-electron chi connectivity index (χ4n) is 2.29. The number of nitrogens with one attached hydrogen (secondary N) is 1. The van der Waals surface area contributed by atoms with Crippen LogP contribution in [-0.4, -0.2) is 16.1 Å². The highest BCUT2D eigenvalue weighted by Gasteiger charge is 2.14. The lowest BCUT2D eigenvalue weighted by molar-refractivity contribution is -0.136. The molecule has 0 aliphatic carbocycles. The molecule has 0 unspecified atom stereocenters. The summed E-state index contributed by atoms with van der Waals surface area (Å²) >= 11 is 0. The number of aromatic amines is 1. The van der Waals surface area contributed by atoms with Crippen LogP contribution >= 0.6 is 0 Å². The number of H-pyrrole nitrogens is 1. The lowest BCUT2D eigenvalue weighted by Crippen LogP contribution is -2.00. The van der Waals surface area contributed by atoms with Crippen LogP contribution in [0.1, 0.15) is 36.6 Å². The molecule has 0 bridgehead atoms. The number of carboxylic acids is 1. The summed E-state index contributed by atoms with van der Waals surface area (Å²) in [4.78, 5) is 14.2. The van der Waals surface area contributed by atoms with Gasteiger partial charge in [-0.3, -0.25) is 4.79 Å². The molecule has 3 nitrogen and oxygen atoms in total. The topological polar surface area (TPSA) is 53.1 Å². The summed E-state index contributed by atoms with van der Waals surface area (Å²) in [5, 5.41) is 9.97. The molecule has 1 aromatic carbocycles. The maximum atomic E-state index is 10.9. The molecule has 2 rings (SSSR count). The zero-order valence-electron chi connectivity index (χ0n) is 10.4. The molecule has 0 aliphatic heterocycles. The molecule has 17 heavy (non-hydrogen) atoms. The second-order valence-electron chi connectivity index (χ2n) is 4.72. The van der Waals surface area contributed by atoms with E-state index in [0.29, 0.717) is 5.92 Å². The number of carboxylic acid groups (broad SMARTS) is 1. The molecule has 2 N–H and O–H groups in total. The maximum Gasteiger partial charge on any atom is 0.307 e. The van der Waals surface area contributed by atoms with Gasteiger partial charge in [0, 0.05) is 16.6 Å². The number of aryl methyl sites for hydroxylation is 1. The van der Waals surface area contributed by atoms with E-state index in [9.17, 15) is 4.79 Å². The third kappa shape index (κ3) is 2.05. The Kier molecular flexibility index (Phi) is 2.92. The molecule has 1 aromatic heterocycles. The van der Waals surface area contributed by atoms with Crippen LogP contribution in [0.4, 0.5) is 0 Å². The maximum absolute atomic E-state index is 10.9. The van der Waals surface area contributed by atoms with Crippen molar-refractivity contribution in [2.24, 2.45) is 0 Å². The van der Waals surface area contributed by atoms with Crippen LogP contribution in [0.5, 0.6) is 0 Å². The summed E-state index contributed by atoms with van der Waals surface area (Å²) in [6.45, 7) is 6.21. The van der Waals surface area contributed by atoms with E-state index >= 15 is 0 Å². The number of hydrogen-bond donors (Lipinski definition) is 2. The molecular weight excluding hydrogens is 214 g/mol. The molecule has 0 aliphatic rings. The van der Waals surface area contributed by atoms with Crippen LogP contribution in [0.3, 0.4) is 0 Å². The Labute approximate surface area is 100 Å². The van der Waals surface area contributed by atoms with Gasteiger partial charge in [0.2, 0.25) is 0 Å². The zero-order chi connectivity index (χ0) is 12.6. The number of fused-ring (bicyclic) bond motifs is 1. The van der Waals surface area contributed by atoms with Gasteiger partial charge in [0.1, 0.15) is 0 Å². The highest BCUT2D eigenvalue weighted by Crippen LogP contribution is 2.29. The first-order valence-electron chi connectivity index (χ1n) is 5.82. The second-order valence-corrected chi connectivity index (χ2v) is 4.72. The number of aromatic nitrogens is 1. The van der Waals surface area contributed by atoms with Crippen molar-refractivity contribution in [3.63, 3.8) is 0 Å². The highest BCUT2D eigenvalue weighted by molar-refractivity contribution is 5.90. The first-order valence-corrected chi connectivity index (χ1v) is 5.82. The summed E-state index contributed by atoms with van der Waals surface area (Å²) in [6, 6.07) is 6.08. The summed E-state index contributed by atoms with van der Waals surface area (Å²) in [5.74, 6) is -0.363. The molecule has 90 valence electrons. The quantitative estimate of drug-likeness (QED) is 0.852. The lowest BCUT2D eigenvalue weighted by atomic mass is 9.99. The van der Waals surface area contributed by atoms with Gasteiger partial charge in [-0.1, -0.05) is 32.0 Å². The Bertz CT molecular complexity index is 567. The van der Waals surface area contributed by atoms with E-state index in [1.54, 1.807) is 0 Å². The molecule has 0 atom stereocenters. The largest absolute Gasteiger partial charge is 0.481 e. The number of hydrogen-bond acceptors (Lipinski definition) is 1. The van der Waals surface area contributed by atoms with Gasteiger partial charge in [-0.05, 0) is 24.0 Å². The molecular formula is C14H17NO2. The van der Waals surface area contributed by atoms with Crippen molar-refractivity contribution < 1.29 is 9.90 Å². The Morgan fingerprint density at radius 2 is 2.12 bits per heavy atom. The van der Waals surface area contributed by atoms with E-state index in [1.807, 2.05) is 19.1 Å². The third-order valence-electron chi connectivity index (χ3n) is 3.14. The molecule has 0 saturated carbocycles. The van der Waals surface area contributed by atoms with Crippen molar-refractivity contribution >= 4 is 16.9 Å². The van der Waals surface area contributed by atoms with Crippen LogP contribution in [0, 0.1) is 6.92 Å². The normalized spacial score (nSPS) is 11.3. The highest BCUT2D eigenvalue weighted by atomic mass is 16.4. The molecule has 0 spiro atoms. The fourth-order valence-corrected chi connectivity index (χ4v) is 2.29. The number of benzene rings is 1. The van der Waals surface area contributed by atoms with Crippen LogP contribution in [0.2, 0.25) is 0 Å². The van der Waals surface area contributed by atoms with Crippen LogP contribution in [0.15, 0.2) is 18.2 Å². The fraction of sp³-hybridized carbons (Fsp3) is 0.357. The van der Waals surface area contributed by atoms with Gasteiger partial charge >= 0.3 is 5.97 Å². The standard InChI is InChI=1S/C14H17NO2/c1-8(2)10-5-4-6-11-12(7-13(16)17)9(3)15-14(10)11/h4-6,8,15H,7H2,1-3H3,(H,16,17). The minimum absolute atomic E-state index is 0.0768. The van der Waals surface area contributed by atoms with E-state index in [1.165, 1.54) is 5.56 Å². The van der Waals surface area contributed by atoms with Crippen LogP contribution < -0.4 is 0 Å². The second kappa shape index (κ2) is 4.24. The van der Waals surface area contributed by atoms with Gasteiger partial charge in [0.15, 0.2) is 0 Å². The number of carbonyl (C=O) groups is 1. The van der Waals surface area contributed by atoms with Crippen molar-refractivity contribution in [2.45, 2.75) is 33.1 Å². The SMILES string of the molecule is Cc1[nH]c2c(C(C)C)cccc2c1CC(=O)O. The third-order valence-corrected chi connectivity index (χ3v) is 3.14. The predicted octanol–water partition coefficient (Wildman–Crippen LogP) is 3.23. The smallest absolute Gasteiger partial charge is 0.307 e. The molecule has 0 saturated heterocycles. The number of para-hydroxylation sites is 1. The minimum atomic E-state index is -0.788. The van der Waals surface area contributed by atoms with Crippen molar-refractivity contribution in [3.05, 3.63) is 35.0 Å². The average Bonchev–Trinajstić information content (AvgIpc) is 2.54. The van der Waals surface area contributed by atoms with Crippen molar-refractivity contribution in [1.82, 2.24) is 4.98 Å². The lowest BCUT2D eigenvalue weighted by Gasteiger charge is -2.06. The van der Waals surface area contributed by atoms with E-state index < -0.39 is 5.97 Å². The Balaban J connectivity index is 2.67. The Morgan fingerprint density at radius 3 is 2.71 bits per heavy atom. The summed E-state index contributed by atoms with van der Waals surface area (Å²) in [5.41, 5.74) is 4.17. The Morgan fingerprint density at radius 1 is 1.41 bits per heavy atom. The molecule has 1 heterocycles. The number of aliphatic carboxylic acids is 1. The van der Waals surface area contributed by atoms with Gasteiger partial charge < -0.3 is 10.1 Å². The predicted molar refractivity (Wildman–Crippen MR) is 68.5 cm³/mol. The monoisotopic (exact) mass is 231 g/mol. The van der Waals surface area contributed by atoms with Gasteiger partial charge in [-0.25, -0.2) is 0 Å². The van der Waals surface area contributed by atoms with Gasteiger partial charge in [-0.2, -0.15) is 0 Å². The van der Waals surface area contributed by atoms with Gasteiger partial charge in [0.25, 0.3) is 0 Å². The Hall–Kier alpha value is -1.77. The van der Waals surface area contributed by atoms with Crippen molar-refractivity contribution in [2.75, 3.05) is 0 Å². The van der Waals surface area contributed by atoms with Crippen molar-refractivity contribution in [3.8, 4) is 0 Å². The van der Waals surface area contributed by atoms with Gasteiger partial charge in [0.05, 0.1) is 6.42 Å². The average molecular weight is 231 g/mol. The summed E-state index contributed by atoms with van der Waals surface area (Å²) in [7, 11) is 0. The molecule has 0 amide bonds. The molecule has 0 fully saturated rings. The molecule has 0 radical (unpaired) electrons. The van der Waals surface area contributed by atoms with Crippen LogP contribution in [0.25, 0.3) is 10.9 Å². The number of rotatable bonds is 3. The van der Waals surface area contributed by atoms with E-state index in [0.717, 1.165) is 22.2 Å². The van der Waals surface area contributed by atoms with E-state index in [-0.39, 0.29) is 6.42 Å². The molecule has 2 aromatic rings. The summed E-state index contributed by atoms with van der Waals surface area (Å²) in [6.07, 6.45) is 0.0768. The first-order chi connectivity index (χ1) is 8.00. The van der Waals surface area contributed by atoms with E-state index in [2.05, 4.69) is 24.9 Å². The zero-order valence-corrected chi connectivity index (χ0v) is 10.4. The summed E-state index contributed by atoms with van der Waals surface area (Å²) < 4.78 is 0. The first kappa shape index (κ1) is 11.7.